The number of carbonyl (C=O) groups excluding carboxylic acids is 2. The standard InChI is InChI=1S/C9H10N4O4S/c14-6-4-13(5(3-11-6)7(15)16)9(17)12-8-10-1-2-18-8/h1-2,5H,3-4H2,(H,11,14)(H,15,16)(H,10,12,17). The molecule has 0 spiro atoms. The molecule has 0 bridgehead atoms. The smallest absolute Gasteiger partial charge is 0.328 e. The summed E-state index contributed by atoms with van der Waals surface area (Å²) in [5, 5.41) is 15.9. The van der Waals surface area contributed by atoms with E-state index in [1.54, 1.807) is 5.38 Å². The Hall–Kier alpha value is -2.16. The summed E-state index contributed by atoms with van der Waals surface area (Å²) in [6.45, 7) is -0.381. The highest BCUT2D eigenvalue weighted by atomic mass is 32.1. The van der Waals surface area contributed by atoms with Gasteiger partial charge in [-0.05, 0) is 0 Å². The number of nitrogens with one attached hydrogen (secondary N) is 2. The molecule has 0 aliphatic carbocycles. The molecule has 8 nitrogen and oxygen atoms in total. The van der Waals surface area contributed by atoms with E-state index in [1.165, 1.54) is 17.5 Å². The number of carbonyl (C=O) groups is 3. The van der Waals surface area contributed by atoms with Crippen molar-refractivity contribution in [3.8, 4) is 0 Å². The second kappa shape index (κ2) is 5.00. The van der Waals surface area contributed by atoms with E-state index in [4.69, 9.17) is 5.11 Å². The number of piperazine rings is 1. The molecule has 1 unspecified atom stereocenters. The van der Waals surface area contributed by atoms with Crippen molar-refractivity contribution >= 4 is 34.4 Å². The second-order valence-electron chi connectivity index (χ2n) is 3.55. The number of carboxylic acids is 1. The fourth-order valence-corrected chi connectivity index (χ4v) is 2.04. The minimum absolute atomic E-state index is 0.0978. The predicted molar refractivity (Wildman–Crippen MR) is 62.3 cm³/mol. The maximum absolute atomic E-state index is 11.9. The number of hydrogen-bond donors (Lipinski definition) is 3. The molecule has 1 aromatic rings. The maximum Gasteiger partial charge on any atom is 0.328 e. The lowest BCUT2D eigenvalue weighted by molar-refractivity contribution is -0.144. The van der Waals surface area contributed by atoms with Crippen LogP contribution in [0.25, 0.3) is 0 Å². The number of hydrogen-bond acceptors (Lipinski definition) is 5. The average molecular weight is 270 g/mol. The van der Waals surface area contributed by atoms with Gasteiger partial charge in [0.05, 0.1) is 0 Å². The highest BCUT2D eigenvalue weighted by molar-refractivity contribution is 7.13. The van der Waals surface area contributed by atoms with Crippen LogP contribution in [-0.2, 0) is 9.59 Å². The summed E-state index contributed by atoms with van der Waals surface area (Å²) in [6, 6.07) is -1.71. The Bertz CT molecular complexity index is 475. The predicted octanol–water partition coefficient (Wildman–Crippen LogP) is -0.440. The molecule has 1 fully saturated rings. The molecule has 9 heteroatoms. The topological polar surface area (TPSA) is 112 Å². The number of carboxylic acid groups (broad SMARTS) is 1. The van der Waals surface area contributed by atoms with Crippen LogP contribution in [0.15, 0.2) is 11.6 Å². The number of thiazole rings is 1. The number of nitrogens with zero attached hydrogens (tertiary/aromatic N) is 2. The van der Waals surface area contributed by atoms with Crippen molar-refractivity contribution in [2.45, 2.75) is 6.04 Å². The molecule has 3 amide bonds. The quantitative estimate of drug-likeness (QED) is 0.674. The molecular weight excluding hydrogens is 260 g/mol. The lowest BCUT2D eigenvalue weighted by Crippen LogP contribution is -2.60. The molecule has 2 rings (SSSR count). The monoisotopic (exact) mass is 270 g/mol. The molecule has 1 aliphatic rings. The third kappa shape index (κ3) is 2.56. The van der Waals surface area contributed by atoms with Crippen molar-refractivity contribution < 1.29 is 19.5 Å². The molecule has 1 saturated heterocycles. The van der Waals surface area contributed by atoms with Crippen molar-refractivity contribution in [3.63, 3.8) is 0 Å². The first-order chi connectivity index (χ1) is 8.58. The van der Waals surface area contributed by atoms with Crippen LogP contribution in [0.5, 0.6) is 0 Å². The van der Waals surface area contributed by atoms with Crippen molar-refractivity contribution in [2.24, 2.45) is 0 Å². The Morgan fingerprint density at radius 2 is 2.39 bits per heavy atom. The van der Waals surface area contributed by atoms with E-state index in [-0.39, 0.29) is 19.0 Å². The third-order valence-corrected chi connectivity index (χ3v) is 3.06. The summed E-state index contributed by atoms with van der Waals surface area (Å²) in [5.74, 6) is -1.55. The van der Waals surface area contributed by atoms with Crippen LogP contribution >= 0.6 is 11.3 Å². The van der Waals surface area contributed by atoms with Gasteiger partial charge in [-0.1, -0.05) is 0 Å². The molecule has 96 valence electrons. The van der Waals surface area contributed by atoms with Crippen LogP contribution in [-0.4, -0.2) is 52.0 Å². The molecule has 18 heavy (non-hydrogen) atoms. The number of anilines is 1. The molecule has 2 heterocycles. The van der Waals surface area contributed by atoms with Gasteiger partial charge in [-0.15, -0.1) is 11.3 Å². The maximum atomic E-state index is 11.9. The summed E-state index contributed by atoms with van der Waals surface area (Å²) < 4.78 is 0. The van der Waals surface area contributed by atoms with Gasteiger partial charge < -0.3 is 10.4 Å². The van der Waals surface area contributed by atoms with Crippen molar-refractivity contribution in [2.75, 3.05) is 18.4 Å². The van der Waals surface area contributed by atoms with Gasteiger partial charge in [0.25, 0.3) is 0 Å². The lowest BCUT2D eigenvalue weighted by atomic mass is 10.2. The minimum Gasteiger partial charge on any atom is -0.480 e. The third-order valence-electron chi connectivity index (χ3n) is 2.37. The molecular formula is C9H10N4O4S. The Balaban J connectivity index is 2.09. The summed E-state index contributed by atoms with van der Waals surface area (Å²) >= 11 is 1.21. The Labute approximate surface area is 106 Å². The van der Waals surface area contributed by atoms with Gasteiger partial charge in [0.1, 0.15) is 12.6 Å². The Morgan fingerprint density at radius 3 is 3.00 bits per heavy atom. The number of rotatable bonds is 2. The largest absolute Gasteiger partial charge is 0.480 e. The summed E-state index contributed by atoms with van der Waals surface area (Å²) in [5.41, 5.74) is 0. The first kappa shape index (κ1) is 12.3. The zero-order valence-electron chi connectivity index (χ0n) is 9.12. The molecule has 0 saturated carbocycles. The van der Waals surface area contributed by atoms with Crippen LogP contribution in [0.4, 0.5) is 9.93 Å². The summed E-state index contributed by atoms with van der Waals surface area (Å²) in [4.78, 5) is 38.9. The van der Waals surface area contributed by atoms with Gasteiger partial charge >= 0.3 is 12.0 Å². The number of urea groups is 1. The zero-order chi connectivity index (χ0) is 13.1. The van der Waals surface area contributed by atoms with E-state index in [2.05, 4.69) is 15.6 Å². The molecule has 3 N–H and O–H groups in total. The zero-order valence-corrected chi connectivity index (χ0v) is 9.94. The molecule has 1 aliphatic heterocycles. The van der Waals surface area contributed by atoms with E-state index in [9.17, 15) is 14.4 Å². The van der Waals surface area contributed by atoms with Gasteiger partial charge in [0.15, 0.2) is 5.13 Å². The average Bonchev–Trinajstić information content (AvgIpc) is 2.81. The minimum atomic E-state index is -1.16. The Kier molecular flexibility index (Phi) is 3.42. The highest BCUT2D eigenvalue weighted by Crippen LogP contribution is 2.13. The normalized spacial score (nSPS) is 19.2. The van der Waals surface area contributed by atoms with Gasteiger partial charge in [-0.2, -0.15) is 0 Å². The molecule has 0 radical (unpaired) electrons. The van der Waals surface area contributed by atoms with Crippen LogP contribution in [0, 0.1) is 0 Å². The van der Waals surface area contributed by atoms with Crippen LogP contribution in [0.3, 0.4) is 0 Å². The van der Waals surface area contributed by atoms with E-state index < -0.39 is 18.0 Å². The summed E-state index contributed by atoms with van der Waals surface area (Å²) in [7, 11) is 0. The highest BCUT2D eigenvalue weighted by Gasteiger charge is 2.35. The van der Waals surface area contributed by atoms with Crippen LogP contribution in [0.1, 0.15) is 0 Å². The Morgan fingerprint density at radius 1 is 1.61 bits per heavy atom. The number of aliphatic carboxylic acids is 1. The molecule has 1 atom stereocenters. The van der Waals surface area contributed by atoms with Crippen molar-refractivity contribution in [3.05, 3.63) is 11.6 Å². The van der Waals surface area contributed by atoms with Crippen LogP contribution < -0.4 is 10.6 Å². The SMILES string of the molecule is O=C1CN(C(=O)Nc2nccs2)C(C(=O)O)CN1. The fourth-order valence-electron chi connectivity index (χ4n) is 1.52. The van der Waals surface area contributed by atoms with E-state index in [0.717, 1.165) is 4.90 Å². The van der Waals surface area contributed by atoms with E-state index >= 15 is 0 Å². The van der Waals surface area contributed by atoms with E-state index in [0.29, 0.717) is 5.13 Å². The number of aromatic nitrogens is 1. The van der Waals surface area contributed by atoms with E-state index in [1.807, 2.05) is 0 Å². The lowest BCUT2D eigenvalue weighted by Gasteiger charge is -2.32. The molecule has 0 aromatic carbocycles. The van der Waals surface area contributed by atoms with Gasteiger partial charge in [-0.25, -0.2) is 14.6 Å². The first-order valence-corrected chi connectivity index (χ1v) is 5.92. The van der Waals surface area contributed by atoms with Crippen LogP contribution in [0.2, 0.25) is 0 Å². The first-order valence-electron chi connectivity index (χ1n) is 5.04. The summed E-state index contributed by atoms with van der Waals surface area (Å²) in [6.07, 6.45) is 1.51. The van der Waals surface area contributed by atoms with Gasteiger partial charge in [-0.3, -0.25) is 15.0 Å². The fraction of sp³-hybridized carbons (Fsp3) is 0.333. The second-order valence-corrected chi connectivity index (χ2v) is 4.45. The van der Waals surface area contributed by atoms with Gasteiger partial charge in [0, 0.05) is 18.1 Å². The van der Waals surface area contributed by atoms with Crippen molar-refractivity contribution in [1.29, 1.82) is 0 Å². The van der Waals surface area contributed by atoms with Gasteiger partial charge in [0.2, 0.25) is 5.91 Å². The number of amides is 3. The van der Waals surface area contributed by atoms with Crippen molar-refractivity contribution in [1.82, 2.24) is 15.2 Å². The molecule has 1 aromatic heterocycles.